The van der Waals surface area contributed by atoms with Crippen molar-refractivity contribution in [2.45, 2.75) is 24.9 Å². The Hall–Kier alpha value is -2.40. The first-order chi connectivity index (χ1) is 11.6. The highest BCUT2D eigenvalue weighted by molar-refractivity contribution is 5.74. The molecule has 1 N–H and O–H groups in total. The number of carboxylic acids is 1. The smallest absolute Gasteiger partial charge is 0.320 e. The highest BCUT2D eigenvalue weighted by Gasteiger charge is 2.37. The van der Waals surface area contributed by atoms with Crippen LogP contribution in [0.15, 0.2) is 48.5 Å². The van der Waals surface area contributed by atoms with Crippen LogP contribution in [0.2, 0.25) is 0 Å². The second-order valence-electron chi connectivity index (χ2n) is 5.93. The minimum absolute atomic E-state index is 0.361. The molecule has 0 radical (unpaired) electrons. The molecule has 0 bridgehead atoms. The molecule has 1 heterocycles. The van der Waals surface area contributed by atoms with E-state index >= 15 is 0 Å². The van der Waals surface area contributed by atoms with Crippen molar-refractivity contribution < 1.29 is 19.0 Å². The molecule has 2 aromatic rings. The molecule has 1 aliphatic heterocycles. The monoisotopic (exact) mass is 329 g/mol. The quantitative estimate of drug-likeness (QED) is 0.912. The van der Waals surface area contributed by atoms with Gasteiger partial charge in [0.05, 0.1) is 13.2 Å². The minimum atomic E-state index is -0.844. The molecular weight excluding hydrogens is 309 g/mol. The van der Waals surface area contributed by atoms with Gasteiger partial charge in [0.1, 0.15) is 17.6 Å². The number of aliphatic carboxylic acids is 1. The third-order valence-corrected chi connectivity index (χ3v) is 4.51. The second kappa shape index (κ2) is 7.01. The number of halogens is 1. The zero-order chi connectivity index (χ0) is 17.1. The number of rotatable bonds is 5. The van der Waals surface area contributed by atoms with Gasteiger partial charge in [0.25, 0.3) is 0 Å². The molecule has 0 amide bonds. The van der Waals surface area contributed by atoms with E-state index < -0.39 is 12.0 Å². The van der Waals surface area contributed by atoms with Gasteiger partial charge in [-0.25, -0.2) is 4.39 Å². The predicted molar refractivity (Wildman–Crippen MR) is 88.6 cm³/mol. The van der Waals surface area contributed by atoms with Gasteiger partial charge in [0.15, 0.2) is 0 Å². The van der Waals surface area contributed by atoms with Crippen molar-refractivity contribution in [3.8, 4) is 5.75 Å². The molecule has 0 aromatic heterocycles. The molecule has 2 atom stereocenters. The zero-order valence-corrected chi connectivity index (χ0v) is 13.5. The number of carboxylic acid groups (broad SMARTS) is 1. The maximum Gasteiger partial charge on any atom is 0.320 e. The van der Waals surface area contributed by atoms with Gasteiger partial charge < -0.3 is 9.84 Å². The summed E-state index contributed by atoms with van der Waals surface area (Å²) < 4.78 is 19.3. The Labute approximate surface area is 140 Å². The normalized spacial score (nSPS) is 19.2. The minimum Gasteiger partial charge on any atom is -0.496 e. The summed E-state index contributed by atoms with van der Waals surface area (Å²) in [6, 6.07) is 13.0. The van der Waals surface area contributed by atoms with Crippen LogP contribution in [0.4, 0.5) is 4.39 Å². The third-order valence-electron chi connectivity index (χ3n) is 4.51. The molecule has 126 valence electrons. The average Bonchev–Trinajstić information content (AvgIpc) is 3.06. The number of methoxy groups -OCH3 is 1. The van der Waals surface area contributed by atoms with E-state index in [1.807, 2.05) is 35.2 Å². The fourth-order valence-corrected chi connectivity index (χ4v) is 3.47. The van der Waals surface area contributed by atoms with Crippen LogP contribution in [0.3, 0.4) is 0 Å². The van der Waals surface area contributed by atoms with Crippen molar-refractivity contribution in [1.29, 1.82) is 0 Å². The molecule has 24 heavy (non-hydrogen) atoms. The van der Waals surface area contributed by atoms with E-state index in [0.717, 1.165) is 12.0 Å². The van der Waals surface area contributed by atoms with Gasteiger partial charge in [-0.1, -0.05) is 30.3 Å². The fourth-order valence-electron chi connectivity index (χ4n) is 3.47. The first kappa shape index (κ1) is 16.5. The zero-order valence-electron chi connectivity index (χ0n) is 13.5. The molecule has 1 fully saturated rings. The summed E-state index contributed by atoms with van der Waals surface area (Å²) in [5, 5.41) is 9.56. The summed E-state index contributed by atoms with van der Waals surface area (Å²) >= 11 is 0. The Balaban J connectivity index is 2.13. The molecule has 1 saturated heterocycles. The first-order valence-corrected chi connectivity index (χ1v) is 7.98. The highest BCUT2D eigenvalue weighted by Crippen LogP contribution is 2.39. The molecule has 0 spiro atoms. The van der Waals surface area contributed by atoms with E-state index in [2.05, 4.69) is 0 Å². The van der Waals surface area contributed by atoms with Crippen LogP contribution in [-0.4, -0.2) is 35.7 Å². The maximum atomic E-state index is 13.9. The van der Waals surface area contributed by atoms with Crippen molar-refractivity contribution in [1.82, 2.24) is 4.90 Å². The lowest BCUT2D eigenvalue weighted by atomic mass is 9.95. The highest BCUT2D eigenvalue weighted by atomic mass is 19.1. The summed E-state index contributed by atoms with van der Waals surface area (Å²) in [5.41, 5.74) is 1.58. The van der Waals surface area contributed by atoms with E-state index in [9.17, 15) is 14.3 Å². The van der Waals surface area contributed by atoms with Crippen LogP contribution in [0.1, 0.15) is 30.0 Å². The lowest BCUT2D eigenvalue weighted by molar-refractivity contribution is -0.142. The number of ether oxygens (including phenoxy) is 1. The maximum absolute atomic E-state index is 13.9. The molecule has 2 unspecified atom stereocenters. The van der Waals surface area contributed by atoms with Crippen molar-refractivity contribution in [3.05, 3.63) is 65.5 Å². The summed E-state index contributed by atoms with van der Waals surface area (Å²) in [6.45, 7) is 0.649. The van der Waals surface area contributed by atoms with E-state index in [0.29, 0.717) is 24.3 Å². The Kier molecular flexibility index (Phi) is 4.81. The topological polar surface area (TPSA) is 49.8 Å². The largest absolute Gasteiger partial charge is 0.496 e. The Morgan fingerprint density at radius 2 is 2.04 bits per heavy atom. The van der Waals surface area contributed by atoms with Crippen LogP contribution in [0, 0.1) is 5.82 Å². The van der Waals surface area contributed by atoms with Gasteiger partial charge in [-0.3, -0.25) is 9.69 Å². The van der Waals surface area contributed by atoms with Gasteiger partial charge in [0.2, 0.25) is 0 Å². The van der Waals surface area contributed by atoms with Crippen LogP contribution in [0.5, 0.6) is 5.75 Å². The SMILES string of the molecule is COc1ccc(F)cc1C(c1ccccc1)N1CCCC1C(=O)O. The number of benzene rings is 2. The predicted octanol–water partition coefficient (Wildman–Crippen LogP) is 3.47. The van der Waals surface area contributed by atoms with Crippen molar-refractivity contribution >= 4 is 5.97 Å². The van der Waals surface area contributed by atoms with E-state index in [4.69, 9.17) is 4.74 Å². The number of hydrogen-bond acceptors (Lipinski definition) is 3. The van der Waals surface area contributed by atoms with E-state index in [1.54, 1.807) is 6.07 Å². The Morgan fingerprint density at radius 1 is 1.29 bits per heavy atom. The number of hydrogen-bond donors (Lipinski definition) is 1. The molecule has 4 nitrogen and oxygen atoms in total. The summed E-state index contributed by atoms with van der Waals surface area (Å²) in [5.74, 6) is -0.650. The van der Waals surface area contributed by atoms with Crippen molar-refractivity contribution in [3.63, 3.8) is 0 Å². The number of carbonyl (C=O) groups is 1. The molecule has 1 aliphatic rings. The Morgan fingerprint density at radius 3 is 2.71 bits per heavy atom. The van der Waals surface area contributed by atoms with Gasteiger partial charge in [-0.05, 0) is 36.6 Å². The number of likely N-dealkylation sites (tertiary alicyclic amines) is 1. The summed E-state index contributed by atoms with van der Waals surface area (Å²) in [4.78, 5) is 13.6. The lowest BCUT2D eigenvalue weighted by Gasteiger charge is -2.32. The summed E-state index contributed by atoms with van der Waals surface area (Å²) in [6.07, 6.45) is 1.40. The second-order valence-corrected chi connectivity index (χ2v) is 5.93. The lowest BCUT2D eigenvalue weighted by Crippen LogP contribution is -2.39. The first-order valence-electron chi connectivity index (χ1n) is 7.98. The summed E-state index contributed by atoms with van der Waals surface area (Å²) in [7, 11) is 1.54. The van der Waals surface area contributed by atoms with Crippen molar-refractivity contribution in [2.75, 3.05) is 13.7 Å². The molecular formula is C19H20FNO3. The van der Waals surface area contributed by atoms with E-state index in [-0.39, 0.29) is 11.9 Å². The van der Waals surface area contributed by atoms with Crippen molar-refractivity contribution in [2.24, 2.45) is 0 Å². The molecule has 3 rings (SSSR count). The van der Waals surface area contributed by atoms with Gasteiger partial charge >= 0.3 is 5.97 Å². The number of nitrogens with zero attached hydrogens (tertiary/aromatic N) is 1. The van der Waals surface area contributed by atoms with Crippen LogP contribution >= 0.6 is 0 Å². The fraction of sp³-hybridized carbons (Fsp3) is 0.316. The molecule has 5 heteroatoms. The van der Waals surface area contributed by atoms with Crippen LogP contribution in [0.25, 0.3) is 0 Å². The third kappa shape index (κ3) is 3.12. The standard InChI is InChI=1S/C19H20FNO3/c1-24-17-10-9-14(20)12-15(17)18(13-6-3-2-4-7-13)21-11-5-8-16(21)19(22)23/h2-4,6-7,9-10,12,16,18H,5,8,11H2,1H3,(H,22,23). The van der Waals surface area contributed by atoms with Gasteiger partial charge in [0, 0.05) is 12.1 Å². The van der Waals surface area contributed by atoms with Gasteiger partial charge in [-0.15, -0.1) is 0 Å². The molecule has 0 aliphatic carbocycles. The van der Waals surface area contributed by atoms with Crippen LogP contribution in [-0.2, 0) is 4.79 Å². The average molecular weight is 329 g/mol. The van der Waals surface area contributed by atoms with Gasteiger partial charge in [-0.2, -0.15) is 0 Å². The molecule has 0 saturated carbocycles. The van der Waals surface area contributed by atoms with Crippen LogP contribution < -0.4 is 4.74 Å². The van der Waals surface area contributed by atoms with E-state index in [1.165, 1.54) is 19.2 Å². The Bertz CT molecular complexity index is 720. The molecule has 2 aromatic carbocycles.